The van der Waals surface area contributed by atoms with Crippen molar-refractivity contribution in [2.45, 2.75) is 79.1 Å². The Bertz CT molecular complexity index is 134. The van der Waals surface area contributed by atoms with Crippen LogP contribution in [-0.4, -0.2) is 36.3 Å². The average Bonchev–Trinajstić information content (AvgIpc) is 2.37. The van der Waals surface area contributed by atoms with Gasteiger partial charge in [-0.25, -0.2) is 0 Å². The molecule has 2 heteroatoms. The van der Waals surface area contributed by atoms with Gasteiger partial charge in [0, 0.05) is 36.3 Å². The van der Waals surface area contributed by atoms with Gasteiger partial charge >= 0.3 is 0 Å². The molecule has 18 heavy (non-hydrogen) atoms. The monoisotopic (exact) mass is 266 g/mol. The SMILES string of the molecule is CCCCC(CC)COCC(CC)CCCC.[Mg]. The molecule has 0 aromatic rings. The van der Waals surface area contributed by atoms with Crippen molar-refractivity contribution < 1.29 is 4.74 Å². The number of hydrogen-bond donors (Lipinski definition) is 0. The van der Waals surface area contributed by atoms with E-state index in [1.165, 1.54) is 51.4 Å². The van der Waals surface area contributed by atoms with Gasteiger partial charge in [0.1, 0.15) is 0 Å². The third kappa shape index (κ3) is 11.8. The molecule has 0 N–H and O–H groups in total. The molecule has 2 unspecified atom stereocenters. The van der Waals surface area contributed by atoms with Crippen LogP contribution < -0.4 is 0 Å². The van der Waals surface area contributed by atoms with Gasteiger partial charge in [-0.1, -0.05) is 66.2 Å². The molecule has 0 saturated carbocycles. The zero-order valence-electron chi connectivity index (χ0n) is 13.3. The highest BCUT2D eigenvalue weighted by atomic mass is 24.3. The van der Waals surface area contributed by atoms with Gasteiger partial charge in [-0.15, -0.1) is 0 Å². The van der Waals surface area contributed by atoms with Gasteiger partial charge in [0.25, 0.3) is 0 Å². The molecule has 0 aliphatic carbocycles. The summed E-state index contributed by atoms with van der Waals surface area (Å²) in [6.07, 6.45) is 10.6. The van der Waals surface area contributed by atoms with Crippen LogP contribution in [0.1, 0.15) is 79.1 Å². The molecule has 0 saturated heterocycles. The van der Waals surface area contributed by atoms with Crippen molar-refractivity contribution in [2.75, 3.05) is 13.2 Å². The zero-order chi connectivity index (χ0) is 12.9. The maximum absolute atomic E-state index is 5.93. The molecule has 2 atom stereocenters. The maximum atomic E-state index is 5.93. The van der Waals surface area contributed by atoms with Crippen molar-refractivity contribution in [3.8, 4) is 0 Å². The molecule has 0 rings (SSSR count). The highest BCUT2D eigenvalue weighted by molar-refractivity contribution is 5.75. The van der Waals surface area contributed by atoms with E-state index >= 15 is 0 Å². The van der Waals surface area contributed by atoms with E-state index in [0.29, 0.717) is 0 Å². The fourth-order valence-electron chi connectivity index (χ4n) is 2.20. The Balaban J connectivity index is 0. The Morgan fingerprint density at radius 3 is 1.39 bits per heavy atom. The van der Waals surface area contributed by atoms with Crippen molar-refractivity contribution in [3.63, 3.8) is 0 Å². The summed E-state index contributed by atoms with van der Waals surface area (Å²) in [5.74, 6) is 1.58. The lowest BCUT2D eigenvalue weighted by Crippen LogP contribution is -2.14. The minimum Gasteiger partial charge on any atom is -0.381 e. The topological polar surface area (TPSA) is 9.23 Å². The molecule has 2 radical (unpaired) electrons. The van der Waals surface area contributed by atoms with Crippen molar-refractivity contribution >= 4 is 23.1 Å². The predicted molar refractivity (Wildman–Crippen MR) is 83.2 cm³/mol. The van der Waals surface area contributed by atoms with Crippen LogP contribution in [0, 0.1) is 11.8 Å². The van der Waals surface area contributed by atoms with E-state index in [0.717, 1.165) is 25.0 Å². The van der Waals surface area contributed by atoms with Gasteiger partial charge in [0.15, 0.2) is 0 Å². The first-order valence-electron chi connectivity index (χ1n) is 7.86. The second kappa shape index (κ2) is 15.8. The van der Waals surface area contributed by atoms with E-state index in [-0.39, 0.29) is 23.1 Å². The van der Waals surface area contributed by atoms with E-state index in [1.54, 1.807) is 0 Å². The molecule has 0 aliphatic rings. The van der Waals surface area contributed by atoms with Gasteiger partial charge in [-0.2, -0.15) is 0 Å². The molecule has 1 nitrogen and oxygen atoms in total. The summed E-state index contributed by atoms with van der Waals surface area (Å²) in [6.45, 7) is 11.1. The molecular weight excluding hydrogens is 232 g/mol. The van der Waals surface area contributed by atoms with Crippen LogP contribution in [0.25, 0.3) is 0 Å². The number of hydrogen-bond acceptors (Lipinski definition) is 1. The van der Waals surface area contributed by atoms with E-state index in [4.69, 9.17) is 4.74 Å². The summed E-state index contributed by atoms with van der Waals surface area (Å²) in [4.78, 5) is 0. The molecule has 0 bridgehead atoms. The average molecular weight is 267 g/mol. The van der Waals surface area contributed by atoms with Crippen molar-refractivity contribution in [3.05, 3.63) is 0 Å². The van der Waals surface area contributed by atoms with Crippen molar-refractivity contribution in [1.29, 1.82) is 0 Å². The molecule has 0 aliphatic heterocycles. The van der Waals surface area contributed by atoms with Crippen LogP contribution in [0.4, 0.5) is 0 Å². The molecule has 0 heterocycles. The third-order valence-corrected chi connectivity index (χ3v) is 3.79. The molecular formula is C16H34MgO. The van der Waals surface area contributed by atoms with Crippen LogP contribution in [-0.2, 0) is 4.74 Å². The summed E-state index contributed by atoms with van der Waals surface area (Å²) in [5, 5.41) is 0. The van der Waals surface area contributed by atoms with Gasteiger partial charge in [-0.3, -0.25) is 0 Å². The van der Waals surface area contributed by atoms with E-state index < -0.39 is 0 Å². The number of ether oxygens (including phenoxy) is 1. The van der Waals surface area contributed by atoms with Crippen molar-refractivity contribution in [2.24, 2.45) is 11.8 Å². The Morgan fingerprint density at radius 2 is 1.11 bits per heavy atom. The lowest BCUT2D eigenvalue weighted by Gasteiger charge is -2.18. The normalized spacial score (nSPS) is 14.0. The molecule has 0 aromatic carbocycles. The van der Waals surface area contributed by atoms with E-state index in [2.05, 4.69) is 27.7 Å². The third-order valence-electron chi connectivity index (χ3n) is 3.79. The van der Waals surface area contributed by atoms with E-state index in [9.17, 15) is 0 Å². The summed E-state index contributed by atoms with van der Waals surface area (Å²) in [5.41, 5.74) is 0. The second-order valence-electron chi connectivity index (χ2n) is 5.37. The van der Waals surface area contributed by atoms with Gasteiger partial charge < -0.3 is 4.74 Å². The Morgan fingerprint density at radius 1 is 0.722 bits per heavy atom. The molecule has 0 aromatic heterocycles. The van der Waals surface area contributed by atoms with Gasteiger partial charge in [-0.05, 0) is 24.7 Å². The fourth-order valence-corrected chi connectivity index (χ4v) is 2.20. The molecule has 0 amide bonds. The number of unbranched alkanes of at least 4 members (excludes halogenated alkanes) is 2. The Hall–Kier alpha value is 0.726. The highest BCUT2D eigenvalue weighted by Crippen LogP contribution is 2.16. The van der Waals surface area contributed by atoms with Crippen LogP contribution in [0.3, 0.4) is 0 Å². The second-order valence-corrected chi connectivity index (χ2v) is 5.37. The summed E-state index contributed by atoms with van der Waals surface area (Å²) < 4.78 is 5.93. The summed E-state index contributed by atoms with van der Waals surface area (Å²) in [6, 6.07) is 0. The van der Waals surface area contributed by atoms with E-state index in [1.807, 2.05) is 0 Å². The Labute approximate surface area is 132 Å². The van der Waals surface area contributed by atoms with Crippen molar-refractivity contribution in [1.82, 2.24) is 0 Å². The Kier molecular flexibility index (Phi) is 18.4. The summed E-state index contributed by atoms with van der Waals surface area (Å²) >= 11 is 0. The first-order chi connectivity index (χ1) is 8.28. The van der Waals surface area contributed by atoms with Crippen LogP contribution >= 0.6 is 0 Å². The smallest absolute Gasteiger partial charge is 0.0494 e. The first kappa shape index (κ1) is 21.0. The van der Waals surface area contributed by atoms with Gasteiger partial charge in [0.2, 0.25) is 0 Å². The fraction of sp³-hybridized carbons (Fsp3) is 1.00. The quantitative estimate of drug-likeness (QED) is 0.449. The number of rotatable bonds is 12. The zero-order valence-corrected chi connectivity index (χ0v) is 14.8. The minimum atomic E-state index is 0. The highest BCUT2D eigenvalue weighted by Gasteiger charge is 2.09. The van der Waals surface area contributed by atoms with Crippen LogP contribution in [0.15, 0.2) is 0 Å². The summed E-state index contributed by atoms with van der Waals surface area (Å²) in [7, 11) is 0. The lowest BCUT2D eigenvalue weighted by atomic mass is 9.99. The molecule has 0 fully saturated rings. The predicted octanol–water partition coefficient (Wildman–Crippen LogP) is 5.06. The van der Waals surface area contributed by atoms with Crippen LogP contribution in [0.5, 0.6) is 0 Å². The largest absolute Gasteiger partial charge is 0.381 e. The molecule has 106 valence electrons. The maximum Gasteiger partial charge on any atom is 0.0494 e. The standard InChI is InChI=1S/C16H34O.Mg/c1-5-9-11-15(7-3)13-17-14-16(8-4)12-10-6-2;/h15-16H,5-14H2,1-4H3;. The first-order valence-corrected chi connectivity index (χ1v) is 7.86. The lowest BCUT2D eigenvalue weighted by molar-refractivity contribution is 0.0630. The van der Waals surface area contributed by atoms with Crippen LogP contribution in [0.2, 0.25) is 0 Å². The van der Waals surface area contributed by atoms with Gasteiger partial charge in [0.05, 0.1) is 0 Å². The minimum absolute atomic E-state index is 0. The molecule has 0 spiro atoms.